The van der Waals surface area contributed by atoms with Gasteiger partial charge < -0.3 is 5.11 Å². The molecule has 230 valence electrons. The smallest absolute Gasteiger partial charge is 0.373 e. The van der Waals surface area contributed by atoms with Crippen LogP contribution >= 0.6 is 0 Å². The van der Waals surface area contributed by atoms with Gasteiger partial charge in [0.15, 0.2) is 0 Å². The van der Waals surface area contributed by atoms with E-state index in [1.807, 2.05) is 0 Å². The van der Waals surface area contributed by atoms with Gasteiger partial charge in [0.05, 0.1) is 5.41 Å². The second-order valence-corrected chi connectivity index (χ2v) is 16.6. The molecule has 5 aliphatic rings. The molecule has 0 aromatic heterocycles. The highest BCUT2D eigenvalue weighted by molar-refractivity contribution is 5.76. The maximum atomic E-state index is 12.9. The quantitative estimate of drug-likeness (QED) is 0.391. The Labute approximate surface area is 254 Å². The average Bonchev–Trinajstić information content (AvgIpc) is 3.32. The minimum Gasteiger partial charge on any atom is -0.481 e. The monoisotopic (exact) mass is 574 g/mol. The molecule has 6 rings (SSSR count). The summed E-state index contributed by atoms with van der Waals surface area (Å²) >= 11 is 0. The molecule has 4 nitrogen and oxygen atoms in total. The van der Waals surface area contributed by atoms with E-state index >= 15 is 0 Å². The zero-order valence-electron chi connectivity index (χ0n) is 27.4. The van der Waals surface area contributed by atoms with E-state index in [-0.39, 0.29) is 22.4 Å². The van der Waals surface area contributed by atoms with Crippen molar-refractivity contribution in [3.63, 3.8) is 0 Å². The highest BCUT2D eigenvalue weighted by atomic mass is 16.4. The van der Waals surface area contributed by atoms with E-state index in [9.17, 15) is 9.90 Å². The summed E-state index contributed by atoms with van der Waals surface area (Å²) in [5.41, 5.74) is 4.79. The Morgan fingerprint density at radius 2 is 1.50 bits per heavy atom. The summed E-state index contributed by atoms with van der Waals surface area (Å²) in [5, 5.41) is 10.7. The molecule has 0 bridgehead atoms. The van der Waals surface area contributed by atoms with E-state index in [1.54, 1.807) is 5.57 Å². The summed E-state index contributed by atoms with van der Waals surface area (Å²) < 4.78 is 0. The molecule has 0 heterocycles. The molecular formula is C38H54O4. The predicted octanol–water partition coefficient (Wildman–Crippen LogP) is 9.23. The fourth-order valence-electron chi connectivity index (χ4n) is 12.6. The highest BCUT2D eigenvalue weighted by Gasteiger charge is 2.71. The van der Waals surface area contributed by atoms with Gasteiger partial charge >= 0.3 is 12.1 Å². The molecule has 0 saturated heterocycles. The number of rotatable bonds is 3. The van der Waals surface area contributed by atoms with Crippen molar-refractivity contribution in [2.75, 3.05) is 0 Å². The van der Waals surface area contributed by atoms with E-state index < -0.39 is 11.4 Å². The number of hydrogen-bond donors (Lipinski definition) is 1. The predicted molar refractivity (Wildman–Crippen MR) is 166 cm³/mol. The molecule has 4 fully saturated rings. The number of aryl methyl sites for hydroxylation is 1. The zero-order valence-corrected chi connectivity index (χ0v) is 27.4. The van der Waals surface area contributed by atoms with Crippen molar-refractivity contribution in [3.8, 4) is 0 Å². The average molecular weight is 575 g/mol. The first-order valence-electron chi connectivity index (χ1n) is 16.6. The molecule has 0 aliphatic heterocycles. The summed E-state index contributed by atoms with van der Waals surface area (Å²) in [4.78, 5) is 29.2. The number of benzene rings is 1. The van der Waals surface area contributed by atoms with Crippen molar-refractivity contribution in [2.24, 2.45) is 62.6 Å². The van der Waals surface area contributed by atoms with Crippen LogP contribution in [0.2, 0.25) is 0 Å². The molecule has 1 N–H and O–H groups in total. The lowest BCUT2D eigenvalue weighted by Crippen LogP contribution is -2.66. The lowest BCUT2D eigenvalue weighted by Gasteiger charge is -2.72. The molecule has 5 aliphatic carbocycles. The van der Waals surface area contributed by atoms with Crippen LogP contribution in [0.25, 0.3) is 5.57 Å². The second kappa shape index (κ2) is 10.5. The van der Waals surface area contributed by atoms with Crippen molar-refractivity contribution in [3.05, 3.63) is 41.5 Å². The number of carbonyl (C=O) groups excluding carboxylic acids is 2. The second-order valence-electron chi connectivity index (χ2n) is 16.6. The summed E-state index contributed by atoms with van der Waals surface area (Å²) in [5.74, 6) is 2.94. The van der Waals surface area contributed by atoms with Gasteiger partial charge in [0, 0.05) is 0 Å². The maximum Gasteiger partial charge on any atom is 0.373 e. The van der Waals surface area contributed by atoms with E-state index in [1.165, 1.54) is 43.2 Å². The number of carbonyl (C=O) groups is 1. The van der Waals surface area contributed by atoms with Crippen LogP contribution in [-0.4, -0.2) is 17.2 Å². The van der Waals surface area contributed by atoms with Crippen LogP contribution in [0.15, 0.2) is 30.3 Å². The SMILES string of the molecule is Cc1ccc(C2=CC[C@]3(C)[C@H]4CC[C@@H]5[C@H]6[C@H](C(C)C)CC[C@]6(C(=O)O)CC[C@@]5(C)[C@]4(C)CC[C@H]3C2(C)C)cc1.O=C=O. The van der Waals surface area contributed by atoms with Gasteiger partial charge in [-0.1, -0.05) is 84.4 Å². The number of aliphatic carboxylic acids is 1. The lowest BCUT2D eigenvalue weighted by molar-refractivity contribution is -0.230. The lowest BCUT2D eigenvalue weighted by atomic mass is 9.32. The van der Waals surface area contributed by atoms with E-state index in [0.717, 1.165) is 25.7 Å². The Morgan fingerprint density at radius 1 is 0.857 bits per heavy atom. The minimum absolute atomic E-state index is 0.153. The molecule has 1 aromatic rings. The third-order valence-electron chi connectivity index (χ3n) is 14.7. The fraction of sp³-hybridized carbons (Fsp3) is 0.737. The number of carboxylic acid groups (broad SMARTS) is 1. The van der Waals surface area contributed by atoms with Crippen molar-refractivity contribution in [1.29, 1.82) is 0 Å². The number of fused-ring (bicyclic) bond motifs is 7. The van der Waals surface area contributed by atoms with Crippen molar-refractivity contribution < 1.29 is 19.5 Å². The van der Waals surface area contributed by atoms with Crippen LogP contribution in [0.5, 0.6) is 0 Å². The third kappa shape index (κ3) is 4.17. The van der Waals surface area contributed by atoms with Gasteiger partial charge in [-0.2, -0.15) is 9.59 Å². The van der Waals surface area contributed by atoms with Crippen molar-refractivity contribution >= 4 is 17.7 Å². The minimum atomic E-state index is -0.483. The summed E-state index contributed by atoms with van der Waals surface area (Å²) in [6, 6.07) is 9.23. The third-order valence-corrected chi connectivity index (χ3v) is 14.7. The van der Waals surface area contributed by atoms with Gasteiger partial charge in [-0.25, -0.2) is 0 Å². The molecule has 0 spiro atoms. The molecule has 9 atom stereocenters. The van der Waals surface area contributed by atoms with Crippen molar-refractivity contribution in [1.82, 2.24) is 0 Å². The van der Waals surface area contributed by atoms with Crippen molar-refractivity contribution in [2.45, 2.75) is 113 Å². The van der Waals surface area contributed by atoms with Crippen LogP contribution in [-0.2, 0) is 14.4 Å². The Balaban J connectivity index is 0.00000113. The van der Waals surface area contributed by atoms with E-state index in [2.05, 4.69) is 85.7 Å². The number of hydrogen-bond acceptors (Lipinski definition) is 3. The summed E-state index contributed by atoms with van der Waals surface area (Å²) in [7, 11) is 0. The Bertz CT molecular complexity index is 1270. The zero-order chi connectivity index (χ0) is 30.9. The first kappa shape index (κ1) is 31.2. The molecule has 4 saturated carbocycles. The van der Waals surface area contributed by atoms with Gasteiger partial charge in [0.25, 0.3) is 0 Å². The van der Waals surface area contributed by atoms with Gasteiger partial charge in [-0.05, 0) is 133 Å². The van der Waals surface area contributed by atoms with Gasteiger partial charge in [0.2, 0.25) is 0 Å². The summed E-state index contributed by atoms with van der Waals surface area (Å²) in [6.07, 6.45) is 13.2. The Morgan fingerprint density at radius 3 is 2.10 bits per heavy atom. The number of carboxylic acids is 1. The molecule has 0 radical (unpaired) electrons. The summed E-state index contributed by atoms with van der Waals surface area (Å²) in [6.45, 7) is 19.9. The number of allylic oxidation sites excluding steroid dienone is 2. The van der Waals surface area contributed by atoms with Crippen LogP contribution in [0.4, 0.5) is 0 Å². The van der Waals surface area contributed by atoms with Crippen LogP contribution < -0.4 is 0 Å². The Hall–Kier alpha value is -2.19. The van der Waals surface area contributed by atoms with Crippen LogP contribution in [0, 0.1) is 69.5 Å². The topological polar surface area (TPSA) is 71.4 Å². The first-order chi connectivity index (χ1) is 19.6. The molecule has 0 amide bonds. The molecular weight excluding hydrogens is 520 g/mol. The van der Waals surface area contributed by atoms with Gasteiger partial charge in [-0.3, -0.25) is 4.79 Å². The molecule has 1 aromatic carbocycles. The first-order valence-corrected chi connectivity index (χ1v) is 16.6. The van der Waals surface area contributed by atoms with E-state index in [4.69, 9.17) is 9.59 Å². The van der Waals surface area contributed by atoms with Gasteiger partial charge in [-0.15, -0.1) is 0 Å². The molecule has 0 unspecified atom stereocenters. The van der Waals surface area contributed by atoms with Crippen LogP contribution in [0.1, 0.15) is 117 Å². The molecule has 42 heavy (non-hydrogen) atoms. The standard InChI is InChI=1S/C37H54O2.CO2/c1-23(2)26-15-20-37(32(38)39)22-21-35(7)28(31(26)37)13-14-30-34(6)18-16-27(25-11-9-24(3)10-12-25)33(4,5)29(34)17-19-36(30,35)8;2-1-3/h9-12,16,23,26,28-31H,13-15,17-22H2,1-8H3,(H,38,39);/t26-,28+,29-,30+,31+,34-,35+,36+,37-;/m0./s1. The maximum absolute atomic E-state index is 12.9. The fourth-order valence-corrected chi connectivity index (χ4v) is 12.6. The van der Waals surface area contributed by atoms with E-state index in [0.29, 0.717) is 40.9 Å². The largest absolute Gasteiger partial charge is 0.481 e. The highest BCUT2D eigenvalue weighted by Crippen LogP contribution is 2.77. The normalized spacial score (nSPS) is 43.4. The van der Waals surface area contributed by atoms with Gasteiger partial charge in [0.1, 0.15) is 0 Å². The Kier molecular flexibility index (Phi) is 7.78. The molecule has 4 heteroatoms. The van der Waals surface area contributed by atoms with Crippen LogP contribution in [0.3, 0.4) is 0 Å².